The first kappa shape index (κ1) is 14.0. The zero-order valence-electron chi connectivity index (χ0n) is 10.9. The Morgan fingerprint density at radius 2 is 2.16 bits per heavy atom. The van der Waals surface area contributed by atoms with Gasteiger partial charge in [-0.3, -0.25) is 10.1 Å². The summed E-state index contributed by atoms with van der Waals surface area (Å²) in [6, 6.07) is 6.58. The highest BCUT2D eigenvalue weighted by Gasteiger charge is 2.22. The van der Waals surface area contributed by atoms with E-state index < -0.39 is 4.92 Å². The van der Waals surface area contributed by atoms with Gasteiger partial charge in [0.15, 0.2) is 0 Å². The molecule has 1 aromatic rings. The molecule has 0 aromatic heterocycles. The normalized spacial score (nSPS) is 17.5. The molecular formula is C14H20N2O3. The lowest BCUT2D eigenvalue weighted by Gasteiger charge is -2.18. The summed E-state index contributed by atoms with van der Waals surface area (Å²) in [6.45, 7) is 1.10. The third-order valence-electron chi connectivity index (χ3n) is 3.75. The van der Waals surface area contributed by atoms with Crippen molar-refractivity contribution in [3.63, 3.8) is 0 Å². The molecule has 1 unspecified atom stereocenters. The van der Waals surface area contributed by atoms with Crippen molar-refractivity contribution < 1.29 is 10.0 Å². The molecule has 0 bridgehead atoms. The average Bonchev–Trinajstić information content (AvgIpc) is 2.93. The molecule has 0 radical (unpaired) electrons. The van der Waals surface area contributed by atoms with Crippen LogP contribution in [-0.4, -0.2) is 22.7 Å². The second-order valence-corrected chi connectivity index (χ2v) is 5.17. The summed E-state index contributed by atoms with van der Waals surface area (Å²) in [6.07, 6.45) is 4.35. The van der Waals surface area contributed by atoms with Gasteiger partial charge in [0.1, 0.15) is 0 Å². The number of nitro benzene ring substituents is 1. The first-order valence-electron chi connectivity index (χ1n) is 6.79. The molecule has 1 aliphatic carbocycles. The van der Waals surface area contributed by atoms with Gasteiger partial charge in [0, 0.05) is 25.2 Å². The van der Waals surface area contributed by atoms with Crippen LogP contribution in [0, 0.1) is 16.0 Å². The van der Waals surface area contributed by atoms with E-state index in [0.717, 1.165) is 18.4 Å². The smallest absolute Gasteiger partial charge is 0.269 e. The van der Waals surface area contributed by atoms with Crippen molar-refractivity contribution in [2.75, 3.05) is 6.54 Å². The number of non-ortho nitro benzene ring substituents is 1. The Hall–Kier alpha value is -1.46. The molecule has 1 saturated carbocycles. The molecule has 0 saturated heterocycles. The number of hydrogen-bond donors (Lipinski definition) is 2. The Bertz CT molecular complexity index is 430. The Morgan fingerprint density at radius 1 is 1.42 bits per heavy atom. The molecule has 0 amide bonds. The SMILES string of the molecule is O=[N+]([O-])c1cccc(CNCC(O)C2CCCC2)c1. The summed E-state index contributed by atoms with van der Waals surface area (Å²) in [5, 5.41) is 23.8. The lowest BCUT2D eigenvalue weighted by molar-refractivity contribution is -0.384. The molecule has 1 aromatic carbocycles. The molecule has 0 heterocycles. The largest absolute Gasteiger partial charge is 0.392 e. The second-order valence-electron chi connectivity index (χ2n) is 5.17. The molecule has 0 spiro atoms. The lowest BCUT2D eigenvalue weighted by Crippen LogP contribution is -2.31. The molecule has 0 aliphatic heterocycles. The molecule has 1 atom stereocenters. The highest BCUT2D eigenvalue weighted by molar-refractivity contribution is 5.34. The fourth-order valence-electron chi connectivity index (χ4n) is 2.65. The van der Waals surface area contributed by atoms with Crippen molar-refractivity contribution >= 4 is 5.69 Å². The van der Waals surface area contributed by atoms with Crippen molar-refractivity contribution in [3.8, 4) is 0 Å². The molecule has 2 N–H and O–H groups in total. The van der Waals surface area contributed by atoms with E-state index in [4.69, 9.17) is 0 Å². The Kier molecular flexibility index (Phi) is 4.87. The molecule has 1 fully saturated rings. The first-order valence-corrected chi connectivity index (χ1v) is 6.79. The number of nitrogens with zero attached hydrogens (tertiary/aromatic N) is 1. The average molecular weight is 264 g/mol. The maximum atomic E-state index is 10.7. The lowest BCUT2D eigenvalue weighted by atomic mass is 10.0. The fraction of sp³-hybridized carbons (Fsp3) is 0.571. The molecule has 1 aliphatic rings. The van der Waals surface area contributed by atoms with E-state index in [0.29, 0.717) is 19.0 Å². The number of nitrogens with one attached hydrogen (secondary N) is 1. The van der Waals surface area contributed by atoms with Crippen LogP contribution in [0.15, 0.2) is 24.3 Å². The van der Waals surface area contributed by atoms with Gasteiger partial charge < -0.3 is 10.4 Å². The van der Waals surface area contributed by atoms with Crippen LogP contribution in [0.3, 0.4) is 0 Å². The molecule has 2 rings (SSSR count). The third kappa shape index (κ3) is 4.01. The van der Waals surface area contributed by atoms with Crippen LogP contribution < -0.4 is 5.32 Å². The first-order chi connectivity index (χ1) is 9.16. The molecule has 104 valence electrons. The van der Waals surface area contributed by atoms with Crippen LogP contribution in [0.5, 0.6) is 0 Å². The van der Waals surface area contributed by atoms with Gasteiger partial charge in [-0.25, -0.2) is 0 Å². The number of benzene rings is 1. The summed E-state index contributed by atoms with van der Waals surface area (Å²) < 4.78 is 0. The summed E-state index contributed by atoms with van der Waals surface area (Å²) >= 11 is 0. The minimum Gasteiger partial charge on any atom is -0.392 e. The van der Waals surface area contributed by atoms with Crippen LogP contribution in [0.2, 0.25) is 0 Å². The molecule has 19 heavy (non-hydrogen) atoms. The number of rotatable bonds is 6. The number of aliphatic hydroxyl groups is 1. The Balaban J connectivity index is 1.78. The summed E-state index contributed by atoms with van der Waals surface area (Å²) in [7, 11) is 0. The fourth-order valence-corrected chi connectivity index (χ4v) is 2.65. The Morgan fingerprint density at radius 3 is 2.84 bits per heavy atom. The van der Waals surface area contributed by atoms with Gasteiger partial charge in [-0.2, -0.15) is 0 Å². The van der Waals surface area contributed by atoms with Gasteiger partial charge in [0.2, 0.25) is 0 Å². The number of hydrogen-bond acceptors (Lipinski definition) is 4. The van der Waals surface area contributed by atoms with Crippen LogP contribution >= 0.6 is 0 Å². The summed E-state index contributed by atoms with van der Waals surface area (Å²) in [5.74, 6) is 0.414. The van der Waals surface area contributed by atoms with E-state index in [1.807, 2.05) is 6.07 Å². The minimum atomic E-state index is -0.392. The highest BCUT2D eigenvalue weighted by Crippen LogP contribution is 2.27. The molecular weight excluding hydrogens is 244 g/mol. The Labute approximate surface area is 112 Å². The van der Waals surface area contributed by atoms with Crippen molar-refractivity contribution in [2.24, 2.45) is 5.92 Å². The van der Waals surface area contributed by atoms with E-state index in [1.54, 1.807) is 12.1 Å². The van der Waals surface area contributed by atoms with Crippen LogP contribution in [-0.2, 0) is 6.54 Å². The predicted octanol–water partition coefficient (Wildman–Crippen LogP) is 2.24. The van der Waals surface area contributed by atoms with Crippen molar-refractivity contribution in [1.29, 1.82) is 0 Å². The summed E-state index contributed by atoms with van der Waals surface area (Å²) in [4.78, 5) is 10.3. The van der Waals surface area contributed by atoms with Crippen LogP contribution in [0.4, 0.5) is 5.69 Å². The van der Waals surface area contributed by atoms with Crippen LogP contribution in [0.1, 0.15) is 31.2 Å². The van der Waals surface area contributed by atoms with Gasteiger partial charge in [0.05, 0.1) is 11.0 Å². The van der Waals surface area contributed by atoms with E-state index in [2.05, 4.69) is 5.32 Å². The van der Waals surface area contributed by atoms with Gasteiger partial charge in [-0.1, -0.05) is 25.0 Å². The maximum Gasteiger partial charge on any atom is 0.269 e. The second kappa shape index (κ2) is 6.63. The van der Waals surface area contributed by atoms with Gasteiger partial charge in [-0.15, -0.1) is 0 Å². The van der Waals surface area contributed by atoms with Gasteiger partial charge >= 0.3 is 0 Å². The highest BCUT2D eigenvalue weighted by atomic mass is 16.6. The molecule has 5 nitrogen and oxygen atoms in total. The van der Waals surface area contributed by atoms with Crippen LogP contribution in [0.25, 0.3) is 0 Å². The predicted molar refractivity (Wildman–Crippen MR) is 72.8 cm³/mol. The maximum absolute atomic E-state index is 10.7. The van der Waals surface area contributed by atoms with E-state index >= 15 is 0 Å². The monoisotopic (exact) mass is 264 g/mol. The van der Waals surface area contributed by atoms with Gasteiger partial charge in [-0.05, 0) is 24.3 Å². The molecule has 5 heteroatoms. The number of aliphatic hydroxyl groups excluding tert-OH is 1. The van der Waals surface area contributed by atoms with Crippen molar-refractivity contribution in [3.05, 3.63) is 39.9 Å². The van der Waals surface area contributed by atoms with E-state index in [-0.39, 0.29) is 11.8 Å². The standard InChI is InChI=1S/C14H20N2O3/c17-14(12-5-1-2-6-12)10-15-9-11-4-3-7-13(8-11)16(18)19/h3-4,7-8,12,14-15,17H,1-2,5-6,9-10H2. The van der Waals surface area contributed by atoms with E-state index in [9.17, 15) is 15.2 Å². The topological polar surface area (TPSA) is 75.4 Å². The summed E-state index contributed by atoms with van der Waals surface area (Å²) in [5.41, 5.74) is 0.975. The van der Waals surface area contributed by atoms with E-state index in [1.165, 1.54) is 18.9 Å². The van der Waals surface area contributed by atoms with Crippen molar-refractivity contribution in [1.82, 2.24) is 5.32 Å². The third-order valence-corrected chi connectivity index (χ3v) is 3.75. The minimum absolute atomic E-state index is 0.107. The zero-order valence-corrected chi connectivity index (χ0v) is 10.9. The van der Waals surface area contributed by atoms with Crippen molar-refractivity contribution in [2.45, 2.75) is 38.3 Å². The number of nitro groups is 1. The quantitative estimate of drug-likeness (QED) is 0.610. The van der Waals surface area contributed by atoms with Gasteiger partial charge in [0.25, 0.3) is 5.69 Å². The zero-order chi connectivity index (χ0) is 13.7.